The highest BCUT2D eigenvalue weighted by molar-refractivity contribution is 5.00. The maximum atomic E-state index is 4.63. The second kappa shape index (κ2) is 7.19. The Hall–Kier alpha value is -1.69. The standard InChI is InChI=1S/C14H24N6/c1-4-13(5-2)20-8-7-12(17-20)10-19-11-16-14(18-19)9-15-6-3/h7-8,11,13,15H,4-6,9-10H2,1-3H3. The molecule has 2 rings (SSSR count). The third kappa shape index (κ3) is 3.66. The Balaban J connectivity index is 1.97. The summed E-state index contributed by atoms with van der Waals surface area (Å²) in [5.41, 5.74) is 1.02. The predicted octanol–water partition coefficient (Wildman–Crippen LogP) is 1.99. The molecule has 0 spiro atoms. The van der Waals surface area contributed by atoms with E-state index >= 15 is 0 Å². The molecule has 0 saturated heterocycles. The molecule has 0 aliphatic carbocycles. The number of rotatable bonds is 8. The Bertz CT molecular complexity index is 511. The Labute approximate surface area is 120 Å². The first-order chi connectivity index (χ1) is 9.76. The third-order valence-electron chi connectivity index (χ3n) is 3.42. The van der Waals surface area contributed by atoms with Gasteiger partial charge in [-0.05, 0) is 25.5 Å². The number of nitrogens with zero attached hydrogens (tertiary/aromatic N) is 5. The topological polar surface area (TPSA) is 60.6 Å². The summed E-state index contributed by atoms with van der Waals surface area (Å²) in [6, 6.07) is 2.55. The van der Waals surface area contributed by atoms with Crippen molar-refractivity contribution < 1.29 is 0 Å². The smallest absolute Gasteiger partial charge is 0.164 e. The van der Waals surface area contributed by atoms with Crippen molar-refractivity contribution in [2.75, 3.05) is 6.54 Å². The Kier molecular flexibility index (Phi) is 5.29. The maximum absolute atomic E-state index is 4.63. The molecular formula is C14H24N6. The van der Waals surface area contributed by atoms with E-state index in [9.17, 15) is 0 Å². The van der Waals surface area contributed by atoms with Gasteiger partial charge in [0.25, 0.3) is 0 Å². The molecule has 0 aromatic carbocycles. The summed E-state index contributed by atoms with van der Waals surface area (Å²) in [5, 5.41) is 12.3. The lowest BCUT2D eigenvalue weighted by molar-refractivity contribution is 0.424. The van der Waals surface area contributed by atoms with E-state index in [4.69, 9.17) is 0 Å². The van der Waals surface area contributed by atoms with Crippen molar-refractivity contribution in [1.29, 1.82) is 0 Å². The summed E-state index contributed by atoms with van der Waals surface area (Å²) < 4.78 is 3.90. The van der Waals surface area contributed by atoms with Crippen LogP contribution < -0.4 is 5.32 Å². The van der Waals surface area contributed by atoms with Crippen molar-refractivity contribution in [2.45, 2.75) is 52.7 Å². The van der Waals surface area contributed by atoms with Gasteiger partial charge in [0, 0.05) is 6.20 Å². The van der Waals surface area contributed by atoms with Gasteiger partial charge in [0.2, 0.25) is 0 Å². The van der Waals surface area contributed by atoms with Crippen molar-refractivity contribution in [3.8, 4) is 0 Å². The summed E-state index contributed by atoms with van der Waals surface area (Å²) in [7, 11) is 0. The molecule has 0 saturated carbocycles. The summed E-state index contributed by atoms with van der Waals surface area (Å²) in [4.78, 5) is 4.28. The number of nitrogens with one attached hydrogen (secondary N) is 1. The number of hydrogen-bond donors (Lipinski definition) is 1. The van der Waals surface area contributed by atoms with Crippen LogP contribution in [0.1, 0.15) is 51.2 Å². The first kappa shape index (κ1) is 14.7. The molecule has 1 N–H and O–H groups in total. The molecule has 0 bridgehead atoms. The first-order valence-corrected chi connectivity index (χ1v) is 7.39. The highest BCUT2D eigenvalue weighted by atomic mass is 15.4. The SMILES string of the molecule is CCNCc1ncn(Cc2ccn(C(CC)CC)n2)n1. The van der Waals surface area contributed by atoms with Crippen LogP contribution in [-0.2, 0) is 13.1 Å². The van der Waals surface area contributed by atoms with Crippen LogP contribution in [0.25, 0.3) is 0 Å². The minimum Gasteiger partial charge on any atom is -0.310 e. The Morgan fingerprint density at radius 1 is 1.20 bits per heavy atom. The lowest BCUT2D eigenvalue weighted by Gasteiger charge is -2.12. The normalized spacial score (nSPS) is 11.4. The molecule has 0 aliphatic heterocycles. The van der Waals surface area contributed by atoms with Gasteiger partial charge >= 0.3 is 0 Å². The van der Waals surface area contributed by atoms with E-state index in [2.05, 4.69) is 58.2 Å². The van der Waals surface area contributed by atoms with Gasteiger partial charge in [-0.3, -0.25) is 4.68 Å². The monoisotopic (exact) mass is 276 g/mol. The van der Waals surface area contributed by atoms with Gasteiger partial charge in [-0.1, -0.05) is 20.8 Å². The summed E-state index contributed by atoms with van der Waals surface area (Å²) in [6.07, 6.45) is 6.04. The highest BCUT2D eigenvalue weighted by Crippen LogP contribution is 2.14. The molecule has 110 valence electrons. The van der Waals surface area contributed by atoms with Crippen molar-refractivity contribution in [1.82, 2.24) is 29.9 Å². The Morgan fingerprint density at radius 2 is 2.00 bits per heavy atom. The van der Waals surface area contributed by atoms with E-state index in [1.165, 1.54) is 0 Å². The van der Waals surface area contributed by atoms with Crippen LogP contribution in [0.4, 0.5) is 0 Å². The lowest BCUT2D eigenvalue weighted by atomic mass is 10.2. The molecule has 6 nitrogen and oxygen atoms in total. The largest absolute Gasteiger partial charge is 0.310 e. The highest BCUT2D eigenvalue weighted by Gasteiger charge is 2.09. The van der Waals surface area contributed by atoms with Crippen molar-refractivity contribution in [2.24, 2.45) is 0 Å². The number of hydrogen-bond acceptors (Lipinski definition) is 4. The van der Waals surface area contributed by atoms with E-state index in [0.29, 0.717) is 19.1 Å². The quantitative estimate of drug-likeness (QED) is 0.801. The van der Waals surface area contributed by atoms with Gasteiger partial charge in [0.1, 0.15) is 6.33 Å². The molecule has 0 radical (unpaired) electrons. The van der Waals surface area contributed by atoms with Crippen LogP contribution in [0.15, 0.2) is 18.6 Å². The van der Waals surface area contributed by atoms with Crippen molar-refractivity contribution in [3.05, 3.63) is 30.1 Å². The average Bonchev–Trinajstić information content (AvgIpc) is 3.08. The summed E-state index contributed by atoms with van der Waals surface area (Å²) in [6.45, 7) is 8.77. The lowest BCUT2D eigenvalue weighted by Crippen LogP contribution is -2.13. The second-order valence-electron chi connectivity index (χ2n) is 4.90. The van der Waals surface area contributed by atoms with E-state index in [1.807, 2.05) is 4.68 Å². The zero-order chi connectivity index (χ0) is 14.4. The zero-order valence-corrected chi connectivity index (χ0v) is 12.6. The fraction of sp³-hybridized carbons (Fsp3) is 0.643. The molecule has 2 aromatic heterocycles. The molecule has 0 amide bonds. The minimum absolute atomic E-state index is 0.490. The number of aromatic nitrogens is 5. The van der Waals surface area contributed by atoms with E-state index in [0.717, 1.165) is 30.9 Å². The van der Waals surface area contributed by atoms with Gasteiger partial charge in [-0.25, -0.2) is 9.67 Å². The fourth-order valence-corrected chi connectivity index (χ4v) is 2.22. The zero-order valence-electron chi connectivity index (χ0n) is 12.6. The molecule has 0 aliphatic rings. The summed E-state index contributed by atoms with van der Waals surface area (Å²) >= 11 is 0. The van der Waals surface area contributed by atoms with E-state index < -0.39 is 0 Å². The summed E-state index contributed by atoms with van der Waals surface area (Å²) in [5.74, 6) is 0.825. The molecule has 20 heavy (non-hydrogen) atoms. The van der Waals surface area contributed by atoms with Gasteiger partial charge in [0.15, 0.2) is 5.82 Å². The van der Waals surface area contributed by atoms with Crippen molar-refractivity contribution in [3.63, 3.8) is 0 Å². The predicted molar refractivity (Wildman–Crippen MR) is 78.4 cm³/mol. The van der Waals surface area contributed by atoms with Gasteiger partial charge in [-0.15, -0.1) is 0 Å². The first-order valence-electron chi connectivity index (χ1n) is 7.39. The average molecular weight is 276 g/mol. The molecule has 2 aromatic rings. The van der Waals surface area contributed by atoms with Crippen LogP contribution in [0, 0.1) is 0 Å². The van der Waals surface area contributed by atoms with Gasteiger partial charge in [0.05, 0.1) is 24.8 Å². The van der Waals surface area contributed by atoms with Crippen LogP contribution in [0.2, 0.25) is 0 Å². The van der Waals surface area contributed by atoms with Crippen LogP contribution >= 0.6 is 0 Å². The molecule has 2 heterocycles. The second-order valence-corrected chi connectivity index (χ2v) is 4.90. The fourth-order valence-electron chi connectivity index (χ4n) is 2.22. The maximum Gasteiger partial charge on any atom is 0.164 e. The molecule has 0 unspecified atom stereocenters. The van der Waals surface area contributed by atoms with Crippen LogP contribution in [0.5, 0.6) is 0 Å². The van der Waals surface area contributed by atoms with Gasteiger partial charge < -0.3 is 5.32 Å². The van der Waals surface area contributed by atoms with Crippen molar-refractivity contribution >= 4 is 0 Å². The van der Waals surface area contributed by atoms with Gasteiger partial charge in [-0.2, -0.15) is 10.2 Å². The van der Waals surface area contributed by atoms with Crippen LogP contribution in [-0.4, -0.2) is 31.1 Å². The Morgan fingerprint density at radius 3 is 2.70 bits per heavy atom. The minimum atomic E-state index is 0.490. The van der Waals surface area contributed by atoms with Crippen LogP contribution in [0.3, 0.4) is 0 Å². The van der Waals surface area contributed by atoms with E-state index in [1.54, 1.807) is 6.33 Å². The third-order valence-corrected chi connectivity index (χ3v) is 3.42. The molecule has 6 heteroatoms. The molecule has 0 fully saturated rings. The van der Waals surface area contributed by atoms with E-state index in [-0.39, 0.29) is 0 Å². The molecule has 0 atom stereocenters. The molecular weight excluding hydrogens is 252 g/mol.